The molecular weight excluding hydrogens is 320 g/mol. The Balaban J connectivity index is 1.50. The van der Waals surface area contributed by atoms with Gasteiger partial charge in [0.05, 0.1) is 13.2 Å². The summed E-state index contributed by atoms with van der Waals surface area (Å²) in [6, 6.07) is 9.20. The molecule has 3 rings (SSSR count). The predicted molar refractivity (Wildman–Crippen MR) is 92.7 cm³/mol. The second-order valence-corrected chi connectivity index (χ2v) is 5.87. The molecule has 2 aromatic rings. The number of carbonyl (C=O) groups is 1. The van der Waals surface area contributed by atoms with Gasteiger partial charge in [-0.2, -0.15) is 0 Å². The number of hydrogen-bond donors (Lipinski definition) is 1. The molecule has 0 aliphatic carbocycles. The molecule has 1 saturated heterocycles. The number of morpholine rings is 1. The van der Waals surface area contributed by atoms with Crippen LogP contribution in [0, 0.1) is 0 Å². The van der Waals surface area contributed by atoms with E-state index in [1.165, 1.54) is 0 Å². The molecule has 0 saturated carbocycles. The van der Waals surface area contributed by atoms with E-state index >= 15 is 0 Å². The number of carbonyl (C=O) groups excluding carboxylic acids is 1. The lowest BCUT2D eigenvalue weighted by Crippen LogP contribution is -2.47. The summed E-state index contributed by atoms with van der Waals surface area (Å²) < 4.78 is 10.9. The van der Waals surface area contributed by atoms with Gasteiger partial charge >= 0.3 is 6.01 Å². The molecular formula is C18H22N4O3. The minimum Gasteiger partial charge on any atom is -0.424 e. The highest BCUT2D eigenvalue weighted by atomic mass is 16.5. The third kappa shape index (κ3) is 4.98. The van der Waals surface area contributed by atoms with E-state index in [4.69, 9.17) is 9.47 Å². The summed E-state index contributed by atoms with van der Waals surface area (Å²) in [4.78, 5) is 22.6. The van der Waals surface area contributed by atoms with Gasteiger partial charge in [-0.25, -0.2) is 9.97 Å². The summed E-state index contributed by atoms with van der Waals surface area (Å²) in [5.41, 5.74) is 0.593. The summed E-state index contributed by atoms with van der Waals surface area (Å²) in [5.74, 6) is 0.493. The Morgan fingerprint density at radius 3 is 2.60 bits per heavy atom. The molecule has 1 N–H and O–H groups in total. The molecule has 0 bridgehead atoms. The van der Waals surface area contributed by atoms with E-state index in [-0.39, 0.29) is 18.0 Å². The van der Waals surface area contributed by atoms with Crippen LogP contribution in [-0.4, -0.2) is 59.7 Å². The first-order chi connectivity index (χ1) is 12.2. The molecule has 132 valence electrons. The highest BCUT2D eigenvalue weighted by Gasteiger charge is 2.17. The minimum absolute atomic E-state index is 0.0948. The Labute approximate surface area is 147 Å². The zero-order valence-electron chi connectivity index (χ0n) is 14.2. The number of amides is 1. The van der Waals surface area contributed by atoms with Crippen molar-refractivity contribution < 1.29 is 14.3 Å². The molecule has 1 atom stereocenters. The van der Waals surface area contributed by atoms with Crippen LogP contribution in [0.3, 0.4) is 0 Å². The number of ether oxygens (including phenoxy) is 2. The van der Waals surface area contributed by atoms with E-state index in [2.05, 4.69) is 27.1 Å². The quantitative estimate of drug-likeness (QED) is 0.861. The van der Waals surface area contributed by atoms with Crippen molar-refractivity contribution in [2.24, 2.45) is 0 Å². The molecule has 1 aliphatic rings. The van der Waals surface area contributed by atoms with Crippen molar-refractivity contribution in [3.05, 3.63) is 48.3 Å². The maximum atomic E-state index is 12.3. The van der Waals surface area contributed by atoms with Crippen LogP contribution in [0.25, 0.3) is 0 Å². The van der Waals surface area contributed by atoms with Crippen LogP contribution in [0.4, 0.5) is 0 Å². The van der Waals surface area contributed by atoms with Crippen molar-refractivity contribution in [3.8, 4) is 11.8 Å². The molecule has 1 aliphatic heterocycles. The third-order valence-electron chi connectivity index (χ3n) is 4.09. The molecule has 7 nitrogen and oxygen atoms in total. The molecule has 25 heavy (non-hydrogen) atoms. The molecule has 1 aromatic carbocycles. The highest BCUT2D eigenvalue weighted by Crippen LogP contribution is 2.17. The van der Waals surface area contributed by atoms with Crippen LogP contribution in [0.2, 0.25) is 0 Å². The second kappa shape index (κ2) is 8.55. The monoisotopic (exact) mass is 342 g/mol. The molecule has 7 heteroatoms. The Bertz CT molecular complexity index is 672. The first-order valence-corrected chi connectivity index (χ1v) is 8.37. The first-order valence-electron chi connectivity index (χ1n) is 8.37. The van der Waals surface area contributed by atoms with Crippen molar-refractivity contribution in [3.63, 3.8) is 0 Å². The van der Waals surface area contributed by atoms with E-state index in [0.29, 0.717) is 17.9 Å². The predicted octanol–water partition coefficient (Wildman–Crippen LogP) is 1.72. The van der Waals surface area contributed by atoms with E-state index in [1.807, 2.05) is 0 Å². The van der Waals surface area contributed by atoms with Gasteiger partial charge in [-0.05, 0) is 37.3 Å². The number of nitrogens with one attached hydrogen (secondary N) is 1. The molecule has 0 unspecified atom stereocenters. The Morgan fingerprint density at radius 2 is 1.92 bits per heavy atom. The Kier molecular flexibility index (Phi) is 5.92. The molecule has 0 radical (unpaired) electrons. The number of aromatic nitrogens is 2. The highest BCUT2D eigenvalue weighted by molar-refractivity contribution is 5.94. The maximum Gasteiger partial charge on any atom is 0.321 e. The van der Waals surface area contributed by atoms with Gasteiger partial charge < -0.3 is 14.8 Å². The van der Waals surface area contributed by atoms with E-state index in [0.717, 1.165) is 26.3 Å². The van der Waals surface area contributed by atoms with Crippen molar-refractivity contribution >= 4 is 5.91 Å². The van der Waals surface area contributed by atoms with Gasteiger partial charge in [0.15, 0.2) is 0 Å². The summed E-state index contributed by atoms with van der Waals surface area (Å²) in [7, 11) is 0. The van der Waals surface area contributed by atoms with Crippen molar-refractivity contribution in [2.75, 3.05) is 32.8 Å². The normalized spacial score (nSPS) is 16.2. The summed E-state index contributed by atoms with van der Waals surface area (Å²) in [6.07, 6.45) is 3.22. The second-order valence-electron chi connectivity index (χ2n) is 5.87. The average Bonchev–Trinajstić information content (AvgIpc) is 2.68. The maximum absolute atomic E-state index is 12.3. The average molecular weight is 342 g/mol. The molecule has 1 amide bonds. The zero-order valence-corrected chi connectivity index (χ0v) is 14.2. The topological polar surface area (TPSA) is 76.6 Å². The SMILES string of the molecule is C[C@H](CNC(=O)c1ccc(Oc2ncccn2)cc1)N1CCOCC1. The minimum atomic E-state index is -0.0948. The third-order valence-corrected chi connectivity index (χ3v) is 4.09. The van der Waals surface area contributed by atoms with Crippen LogP contribution in [0.15, 0.2) is 42.7 Å². The largest absolute Gasteiger partial charge is 0.424 e. The van der Waals surface area contributed by atoms with Crippen molar-refractivity contribution in [2.45, 2.75) is 13.0 Å². The summed E-state index contributed by atoms with van der Waals surface area (Å²) in [6.45, 7) is 6.04. The van der Waals surface area contributed by atoms with Gasteiger partial charge in [0, 0.05) is 43.6 Å². The smallest absolute Gasteiger partial charge is 0.321 e. The molecule has 2 heterocycles. The lowest BCUT2D eigenvalue weighted by Gasteiger charge is -2.32. The molecule has 1 fully saturated rings. The van der Waals surface area contributed by atoms with Crippen LogP contribution in [-0.2, 0) is 4.74 Å². The number of benzene rings is 1. The fraction of sp³-hybridized carbons (Fsp3) is 0.389. The lowest BCUT2D eigenvalue weighted by atomic mass is 10.2. The van der Waals surface area contributed by atoms with Crippen LogP contribution < -0.4 is 10.1 Å². The summed E-state index contributed by atoms with van der Waals surface area (Å²) in [5, 5.41) is 2.98. The van der Waals surface area contributed by atoms with Gasteiger partial charge in [-0.1, -0.05) is 0 Å². The Morgan fingerprint density at radius 1 is 1.24 bits per heavy atom. The van der Waals surface area contributed by atoms with Gasteiger partial charge in [-0.3, -0.25) is 9.69 Å². The van der Waals surface area contributed by atoms with Crippen LogP contribution >= 0.6 is 0 Å². The van der Waals surface area contributed by atoms with Gasteiger partial charge in [-0.15, -0.1) is 0 Å². The summed E-state index contributed by atoms with van der Waals surface area (Å²) >= 11 is 0. The number of hydrogen-bond acceptors (Lipinski definition) is 6. The number of rotatable bonds is 6. The van der Waals surface area contributed by atoms with Gasteiger partial charge in [0.25, 0.3) is 5.91 Å². The van der Waals surface area contributed by atoms with Gasteiger partial charge in [0.2, 0.25) is 0 Å². The Hall–Kier alpha value is -2.51. The first kappa shape index (κ1) is 17.3. The molecule has 0 spiro atoms. The van der Waals surface area contributed by atoms with Crippen molar-refractivity contribution in [1.29, 1.82) is 0 Å². The van der Waals surface area contributed by atoms with E-state index in [9.17, 15) is 4.79 Å². The zero-order chi connectivity index (χ0) is 17.5. The van der Waals surface area contributed by atoms with Crippen LogP contribution in [0.5, 0.6) is 11.8 Å². The number of nitrogens with zero attached hydrogens (tertiary/aromatic N) is 3. The fourth-order valence-electron chi connectivity index (χ4n) is 2.61. The lowest BCUT2D eigenvalue weighted by molar-refractivity contribution is 0.0204. The van der Waals surface area contributed by atoms with Crippen molar-refractivity contribution in [1.82, 2.24) is 20.2 Å². The standard InChI is InChI=1S/C18H22N4O3/c1-14(22-9-11-24-12-10-22)13-21-17(23)15-3-5-16(6-4-15)25-18-19-7-2-8-20-18/h2-8,14H,9-13H2,1H3,(H,21,23)/t14-/m1/s1. The van der Waals surface area contributed by atoms with E-state index in [1.54, 1.807) is 42.7 Å². The fourth-order valence-corrected chi connectivity index (χ4v) is 2.61. The molecule has 1 aromatic heterocycles. The van der Waals surface area contributed by atoms with E-state index < -0.39 is 0 Å². The van der Waals surface area contributed by atoms with Crippen LogP contribution in [0.1, 0.15) is 17.3 Å². The van der Waals surface area contributed by atoms with Gasteiger partial charge in [0.1, 0.15) is 5.75 Å².